The lowest BCUT2D eigenvalue weighted by molar-refractivity contribution is -0.385. The van der Waals surface area contributed by atoms with Gasteiger partial charge in [-0.2, -0.15) is 5.10 Å². The lowest BCUT2D eigenvalue weighted by Crippen LogP contribution is -2.15. The average molecular weight is 300 g/mol. The highest BCUT2D eigenvalue weighted by atomic mass is 32.2. The lowest BCUT2D eigenvalue weighted by Gasteiger charge is -2.06. The summed E-state index contributed by atoms with van der Waals surface area (Å²) < 4.78 is 39.6. The highest BCUT2D eigenvalue weighted by Gasteiger charge is 2.22. The van der Waals surface area contributed by atoms with Crippen molar-refractivity contribution in [2.45, 2.75) is 11.8 Å². The lowest BCUT2D eigenvalue weighted by atomic mass is 10.3. The van der Waals surface area contributed by atoms with E-state index in [9.17, 15) is 22.9 Å². The van der Waals surface area contributed by atoms with E-state index in [0.717, 1.165) is 12.1 Å². The van der Waals surface area contributed by atoms with Crippen LogP contribution in [0.4, 0.5) is 15.9 Å². The van der Waals surface area contributed by atoms with Crippen molar-refractivity contribution in [2.75, 3.05) is 4.72 Å². The highest BCUT2D eigenvalue weighted by molar-refractivity contribution is 7.92. The molecule has 0 unspecified atom stereocenters. The van der Waals surface area contributed by atoms with Gasteiger partial charge >= 0.3 is 0 Å². The Morgan fingerprint density at radius 1 is 1.40 bits per heavy atom. The molecule has 0 saturated carbocycles. The predicted octanol–water partition coefficient (Wildman–Crippen LogP) is 1.57. The van der Waals surface area contributed by atoms with Gasteiger partial charge < -0.3 is 0 Å². The minimum atomic E-state index is -4.20. The molecule has 2 aromatic rings. The van der Waals surface area contributed by atoms with Gasteiger partial charge in [-0.3, -0.25) is 19.9 Å². The molecule has 20 heavy (non-hydrogen) atoms. The molecule has 0 radical (unpaired) electrons. The van der Waals surface area contributed by atoms with Crippen LogP contribution >= 0.6 is 0 Å². The van der Waals surface area contributed by atoms with E-state index in [1.807, 2.05) is 0 Å². The van der Waals surface area contributed by atoms with Crippen molar-refractivity contribution in [2.24, 2.45) is 0 Å². The largest absolute Gasteiger partial charge is 0.281 e. The first-order valence-electron chi connectivity index (χ1n) is 5.28. The van der Waals surface area contributed by atoms with Gasteiger partial charge in [0.15, 0.2) is 11.6 Å². The summed E-state index contributed by atoms with van der Waals surface area (Å²) in [4.78, 5) is 8.96. The van der Waals surface area contributed by atoms with Crippen LogP contribution in [0.5, 0.6) is 0 Å². The second kappa shape index (κ2) is 4.89. The summed E-state index contributed by atoms with van der Waals surface area (Å²) in [5, 5.41) is 16.6. The number of nitrogens with zero attached hydrogens (tertiary/aromatic N) is 2. The molecule has 0 bridgehead atoms. The number of nitro groups is 1. The molecule has 0 atom stereocenters. The summed E-state index contributed by atoms with van der Waals surface area (Å²) in [6.45, 7) is 1.66. The van der Waals surface area contributed by atoms with E-state index in [1.54, 1.807) is 6.92 Å². The zero-order valence-electron chi connectivity index (χ0n) is 10.1. The number of benzene rings is 1. The van der Waals surface area contributed by atoms with E-state index < -0.39 is 31.3 Å². The normalized spacial score (nSPS) is 11.3. The van der Waals surface area contributed by atoms with Crippen LogP contribution in [0.15, 0.2) is 29.2 Å². The predicted molar refractivity (Wildman–Crippen MR) is 67.2 cm³/mol. The molecular formula is C10H9FN4O4S. The van der Waals surface area contributed by atoms with E-state index in [-0.39, 0.29) is 5.82 Å². The van der Waals surface area contributed by atoms with Crippen molar-refractivity contribution in [1.29, 1.82) is 0 Å². The fourth-order valence-corrected chi connectivity index (χ4v) is 2.54. The van der Waals surface area contributed by atoms with Gasteiger partial charge in [0.2, 0.25) is 0 Å². The maximum Gasteiger partial charge on any atom is 0.272 e. The SMILES string of the molecule is Cc1cc(NS(=O)(=O)c2ccc([N+](=O)[O-])cc2F)n[nH]1. The van der Waals surface area contributed by atoms with Crippen molar-refractivity contribution in [3.63, 3.8) is 0 Å². The molecular weight excluding hydrogens is 291 g/mol. The molecule has 0 amide bonds. The second-order valence-electron chi connectivity index (χ2n) is 3.91. The molecule has 0 aliphatic carbocycles. The smallest absolute Gasteiger partial charge is 0.272 e. The number of nitrogens with one attached hydrogen (secondary N) is 2. The van der Waals surface area contributed by atoms with Crippen molar-refractivity contribution in [3.05, 3.63) is 45.9 Å². The minimum Gasteiger partial charge on any atom is -0.281 e. The van der Waals surface area contributed by atoms with E-state index >= 15 is 0 Å². The molecule has 1 aromatic heterocycles. The molecule has 0 aliphatic heterocycles. The summed E-state index contributed by atoms with van der Waals surface area (Å²) in [5.74, 6) is -1.21. The Hall–Kier alpha value is -2.49. The first kappa shape index (κ1) is 13.9. The fourth-order valence-electron chi connectivity index (χ4n) is 1.48. The van der Waals surface area contributed by atoms with Crippen molar-refractivity contribution in [3.8, 4) is 0 Å². The topological polar surface area (TPSA) is 118 Å². The first-order chi connectivity index (χ1) is 9.29. The Labute approximate surface area is 112 Å². The summed E-state index contributed by atoms with van der Waals surface area (Å²) >= 11 is 0. The summed E-state index contributed by atoms with van der Waals surface area (Å²) in [6.07, 6.45) is 0. The highest BCUT2D eigenvalue weighted by Crippen LogP contribution is 2.22. The van der Waals surface area contributed by atoms with Gasteiger partial charge in [-0.25, -0.2) is 12.8 Å². The molecule has 0 saturated heterocycles. The molecule has 106 valence electrons. The Morgan fingerprint density at radius 2 is 2.10 bits per heavy atom. The molecule has 2 N–H and O–H groups in total. The minimum absolute atomic E-state index is 0.000234. The third-order valence-corrected chi connectivity index (χ3v) is 3.75. The third-order valence-electron chi connectivity index (χ3n) is 2.36. The molecule has 1 heterocycles. The number of aromatic amines is 1. The van der Waals surface area contributed by atoms with Crippen LogP contribution in [-0.4, -0.2) is 23.5 Å². The number of non-ortho nitro benzene ring substituents is 1. The van der Waals surface area contributed by atoms with Crippen LogP contribution in [0.1, 0.15) is 5.69 Å². The Morgan fingerprint density at radius 3 is 2.60 bits per heavy atom. The zero-order chi connectivity index (χ0) is 14.9. The standard InChI is InChI=1S/C10H9FN4O4S/c1-6-4-10(13-12-6)14-20(18,19)9-3-2-7(15(16)17)5-8(9)11/h2-5H,1H3,(H2,12,13,14). The molecule has 1 aromatic carbocycles. The number of nitro benzene ring substituents is 1. The summed E-state index contributed by atoms with van der Waals surface area (Å²) in [6, 6.07) is 3.70. The van der Waals surface area contributed by atoms with Gasteiger partial charge in [0, 0.05) is 17.8 Å². The Balaban J connectivity index is 2.37. The van der Waals surface area contributed by atoms with Gasteiger partial charge in [-0.1, -0.05) is 0 Å². The summed E-state index contributed by atoms with van der Waals surface area (Å²) in [7, 11) is -4.20. The number of aryl methyl sites for hydroxylation is 1. The molecule has 0 fully saturated rings. The molecule has 10 heteroatoms. The van der Waals surface area contributed by atoms with Crippen LogP contribution in [0.25, 0.3) is 0 Å². The van der Waals surface area contributed by atoms with Gasteiger partial charge in [-0.15, -0.1) is 0 Å². The number of halogens is 1. The number of H-pyrrole nitrogens is 1. The van der Waals surface area contributed by atoms with Crippen LogP contribution in [0.2, 0.25) is 0 Å². The number of hydrogen-bond acceptors (Lipinski definition) is 5. The number of hydrogen-bond donors (Lipinski definition) is 2. The van der Waals surface area contributed by atoms with Crippen molar-refractivity contribution in [1.82, 2.24) is 10.2 Å². The fraction of sp³-hybridized carbons (Fsp3) is 0.100. The second-order valence-corrected chi connectivity index (χ2v) is 5.56. The molecule has 0 aliphatic rings. The van der Waals surface area contributed by atoms with Crippen LogP contribution in [-0.2, 0) is 10.0 Å². The van der Waals surface area contributed by atoms with Gasteiger partial charge in [0.25, 0.3) is 15.7 Å². The van der Waals surface area contributed by atoms with Gasteiger partial charge in [0.1, 0.15) is 4.90 Å². The van der Waals surface area contributed by atoms with E-state index in [1.165, 1.54) is 6.07 Å². The third kappa shape index (κ3) is 2.74. The summed E-state index contributed by atoms with van der Waals surface area (Å²) in [5.41, 5.74) is 0.0870. The van der Waals surface area contributed by atoms with Gasteiger partial charge in [0.05, 0.1) is 11.0 Å². The van der Waals surface area contributed by atoms with Crippen LogP contribution in [0.3, 0.4) is 0 Å². The molecule has 2 rings (SSSR count). The number of rotatable bonds is 4. The first-order valence-corrected chi connectivity index (χ1v) is 6.77. The average Bonchev–Trinajstić information content (AvgIpc) is 2.73. The van der Waals surface area contributed by atoms with Crippen molar-refractivity contribution >= 4 is 21.5 Å². The quantitative estimate of drug-likeness (QED) is 0.656. The Kier molecular flexibility index (Phi) is 3.40. The van der Waals surface area contributed by atoms with Crippen LogP contribution < -0.4 is 4.72 Å². The van der Waals surface area contributed by atoms with E-state index in [0.29, 0.717) is 11.8 Å². The number of anilines is 1. The molecule has 0 spiro atoms. The maximum absolute atomic E-state index is 13.7. The Bertz CT molecular complexity index is 771. The van der Waals surface area contributed by atoms with Gasteiger partial charge in [-0.05, 0) is 13.0 Å². The zero-order valence-corrected chi connectivity index (χ0v) is 10.9. The number of aromatic nitrogens is 2. The van der Waals surface area contributed by atoms with E-state index in [4.69, 9.17) is 0 Å². The maximum atomic E-state index is 13.7. The van der Waals surface area contributed by atoms with E-state index in [2.05, 4.69) is 14.9 Å². The molecule has 8 nitrogen and oxygen atoms in total. The van der Waals surface area contributed by atoms with Crippen molar-refractivity contribution < 1.29 is 17.7 Å². The van der Waals surface area contributed by atoms with Crippen LogP contribution in [0, 0.1) is 22.9 Å². The number of sulfonamides is 1. The monoisotopic (exact) mass is 300 g/mol.